The van der Waals surface area contributed by atoms with Gasteiger partial charge < -0.3 is 14.4 Å². The fourth-order valence-electron chi connectivity index (χ4n) is 2.98. The van der Waals surface area contributed by atoms with Gasteiger partial charge in [-0.15, -0.1) is 0 Å². The molecule has 1 aliphatic heterocycles. The van der Waals surface area contributed by atoms with Gasteiger partial charge in [-0.1, -0.05) is 26.0 Å². The molecule has 1 saturated heterocycles. The molecule has 0 bridgehead atoms. The Hall–Kier alpha value is -2.04. The SMILES string of the molecule is CCc1ccc(O[C@@H](CC)C(=O)N2CCC(C(=O)OC)CC2)cc1. The molecule has 1 atom stereocenters. The topological polar surface area (TPSA) is 55.8 Å². The number of piperidine rings is 1. The van der Waals surface area contributed by atoms with Crippen LogP contribution in [0.2, 0.25) is 0 Å². The molecule has 1 fully saturated rings. The van der Waals surface area contributed by atoms with E-state index in [1.807, 2.05) is 31.2 Å². The first-order valence-electron chi connectivity index (χ1n) is 8.71. The summed E-state index contributed by atoms with van der Waals surface area (Å²) in [6, 6.07) is 7.87. The maximum Gasteiger partial charge on any atom is 0.308 e. The van der Waals surface area contributed by atoms with Gasteiger partial charge in [0.1, 0.15) is 5.75 Å². The van der Waals surface area contributed by atoms with E-state index in [-0.39, 0.29) is 17.8 Å². The number of aryl methyl sites for hydroxylation is 1. The average molecular weight is 333 g/mol. The van der Waals surface area contributed by atoms with E-state index >= 15 is 0 Å². The van der Waals surface area contributed by atoms with Crippen molar-refractivity contribution in [3.63, 3.8) is 0 Å². The second-order valence-electron chi connectivity index (χ2n) is 6.13. The summed E-state index contributed by atoms with van der Waals surface area (Å²) in [6.45, 7) is 5.21. The molecular formula is C19H27NO4. The largest absolute Gasteiger partial charge is 0.481 e. The average Bonchev–Trinajstić information content (AvgIpc) is 2.65. The summed E-state index contributed by atoms with van der Waals surface area (Å²) < 4.78 is 10.7. The third-order valence-electron chi connectivity index (χ3n) is 4.60. The monoisotopic (exact) mass is 333 g/mol. The number of nitrogens with zero attached hydrogens (tertiary/aromatic N) is 1. The minimum absolute atomic E-state index is 0.000355. The number of amides is 1. The van der Waals surface area contributed by atoms with Gasteiger partial charge >= 0.3 is 5.97 Å². The Morgan fingerprint density at radius 1 is 1.17 bits per heavy atom. The lowest BCUT2D eigenvalue weighted by Gasteiger charge is -2.33. The summed E-state index contributed by atoms with van der Waals surface area (Å²) in [6.07, 6.45) is 2.42. The zero-order chi connectivity index (χ0) is 17.5. The molecule has 0 spiro atoms. The number of carbonyl (C=O) groups is 2. The highest BCUT2D eigenvalue weighted by Crippen LogP contribution is 2.21. The van der Waals surface area contributed by atoms with Crippen LogP contribution in [0.15, 0.2) is 24.3 Å². The van der Waals surface area contributed by atoms with Gasteiger partial charge in [-0.2, -0.15) is 0 Å². The quantitative estimate of drug-likeness (QED) is 0.751. The van der Waals surface area contributed by atoms with Crippen LogP contribution in [0.1, 0.15) is 38.7 Å². The van der Waals surface area contributed by atoms with Crippen molar-refractivity contribution in [2.75, 3.05) is 20.2 Å². The Balaban J connectivity index is 1.92. The second-order valence-corrected chi connectivity index (χ2v) is 6.13. The molecule has 0 saturated carbocycles. The van der Waals surface area contributed by atoms with E-state index in [9.17, 15) is 9.59 Å². The lowest BCUT2D eigenvalue weighted by Crippen LogP contribution is -2.46. The third kappa shape index (κ3) is 4.49. The Morgan fingerprint density at radius 2 is 1.79 bits per heavy atom. The summed E-state index contributed by atoms with van der Waals surface area (Å²) in [5.74, 6) is 0.445. The molecule has 1 heterocycles. The van der Waals surface area contributed by atoms with E-state index < -0.39 is 6.10 Å². The number of carbonyl (C=O) groups excluding carboxylic acids is 2. The molecule has 24 heavy (non-hydrogen) atoms. The minimum Gasteiger partial charge on any atom is -0.481 e. The summed E-state index contributed by atoms with van der Waals surface area (Å²) in [4.78, 5) is 26.1. The highest BCUT2D eigenvalue weighted by atomic mass is 16.5. The van der Waals surface area contributed by atoms with E-state index in [1.54, 1.807) is 4.90 Å². The zero-order valence-corrected chi connectivity index (χ0v) is 14.8. The predicted molar refractivity (Wildman–Crippen MR) is 91.8 cm³/mol. The highest BCUT2D eigenvalue weighted by Gasteiger charge is 2.31. The van der Waals surface area contributed by atoms with E-state index in [4.69, 9.17) is 9.47 Å². The number of ether oxygens (including phenoxy) is 2. The predicted octanol–water partition coefficient (Wildman–Crippen LogP) is 2.82. The molecule has 0 N–H and O–H groups in total. The standard InChI is InChI=1S/C19H27NO4/c1-4-14-6-8-16(9-7-14)24-17(5-2)18(21)20-12-10-15(11-13-20)19(22)23-3/h6-9,15,17H,4-5,10-13H2,1-3H3/t17-/m0/s1. The number of hydrogen-bond donors (Lipinski definition) is 0. The van der Waals surface area contributed by atoms with Crippen molar-refractivity contribution in [3.05, 3.63) is 29.8 Å². The molecular weight excluding hydrogens is 306 g/mol. The van der Waals surface area contributed by atoms with Crippen LogP contribution in [-0.4, -0.2) is 43.1 Å². The zero-order valence-electron chi connectivity index (χ0n) is 14.8. The molecule has 5 heteroatoms. The van der Waals surface area contributed by atoms with Crippen molar-refractivity contribution in [3.8, 4) is 5.75 Å². The molecule has 1 aromatic rings. The van der Waals surface area contributed by atoms with Gasteiger partial charge in [0.05, 0.1) is 13.0 Å². The molecule has 1 aromatic carbocycles. The Labute approximate surface area is 143 Å². The fourth-order valence-corrected chi connectivity index (χ4v) is 2.98. The van der Waals surface area contributed by atoms with E-state index in [0.717, 1.165) is 12.2 Å². The van der Waals surface area contributed by atoms with Crippen molar-refractivity contribution in [1.29, 1.82) is 0 Å². The number of hydrogen-bond acceptors (Lipinski definition) is 4. The Kier molecular flexibility index (Phi) is 6.64. The lowest BCUT2D eigenvalue weighted by molar-refractivity contribution is -0.150. The van der Waals surface area contributed by atoms with Gasteiger partial charge in [0, 0.05) is 13.1 Å². The third-order valence-corrected chi connectivity index (χ3v) is 4.60. The van der Waals surface area contributed by atoms with Crippen LogP contribution in [0, 0.1) is 5.92 Å². The number of likely N-dealkylation sites (tertiary alicyclic amines) is 1. The molecule has 132 valence electrons. The molecule has 0 unspecified atom stereocenters. The number of benzene rings is 1. The van der Waals surface area contributed by atoms with Gasteiger partial charge in [0.2, 0.25) is 0 Å². The number of rotatable bonds is 6. The Morgan fingerprint density at radius 3 is 2.29 bits per heavy atom. The van der Waals surface area contributed by atoms with Gasteiger partial charge in [-0.25, -0.2) is 0 Å². The van der Waals surface area contributed by atoms with Gasteiger partial charge in [0.25, 0.3) is 5.91 Å². The normalized spacial score (nSPS) is 16.5. The van der Waals surface area contributed by atoms with Gasteiger partial charge in [0.15, 0.2) is 6.10 Å². The highest BCUT2D eigenvalue weighted by molar-refractivity contribution is 5.81. The van der Waals surface area contributed by atoms with E-state index in [1.165, 1.54) is 12.7 Å². The number of methoxy groups -OCH3 is 1. The Bertz CT molecular complexity index is 547. The van der Waals surface area contributed by atoms with Crippen molar-refractivity contribution >= 4 is 11.9 Å². The summed E-state index contributed by atoms with van der Waals surface area (Å²) in [5.41, 5.74) is 1.24. The summed E-state index contributed by atoms with van der Waals surface area (Å²) >= 11 is 0. The maximum atomic E-state index is 12.7. The molecule has 0 radical (unpaired) electrons. The van der Waals surface area contributed by atoms with Crippen LogP contribution < -0.4 is 4.74 Å². The van der Waals surface area contributed by atoms with Crippen molar-refractivity contribution in [1.82, 2.24) is 4.90 Å². The first-order valence-corrected chi connectivity index (χ1v) is 8.71. The van der Waals surface area contributed by atoms with Crippen molar-refractivity contribution in [2.45, 2.75) is 45.6 Å². The van der Waals surface area contributed by atoms with E-state index in [2.05, 4.69) is 6.92 Å². The fraction of sp³-hybridized carbons (Fsp3) is 0.579. The molecule has 1 amide bonds. The van der Waals surface area contributed by atoms with Gasteiger partial charge in [-0.05, 0) is 43.4 Å². The molecule has 0 aliphatic carbocycles. The van der Waals surface area contributed by atoms with E-state index in [0.29, 0.717) is 32.4 Å². The van der Waals surface area contributed by atoms with Crippen LogP contribution >= 0.6 is 0 Å². The minimum atomic E-state index is -0.479. The lowest BCUT2D eigenvalue weighted by atomic mass is 9.96. The van der Waals surface area contributed by atoms with Crippen molar-refractivity contribution < 1.29 is 19.1 Å². The maximum absolute atomic E-state index is 12.7. The van der Waals surface area contributed by atoms with Crippen LogP contribution in [0.3, 0.4) is 0 Å². The molecule has 1 aliphatic rings. The van der Waals surface area contributed by atoms with Crippen molar-refractivity contribution in [2.24, 2.45) is 5.92 Å². The van der Waals surface area contributed by atoms with Crippen LogP contribution in [-0.2, 0) is 20.7 Å². The first kappa shape index (κ1) is 18.3. The summed E-state index contributed by atoms with van der Waals surface area (Å²) in [5, 5.41) is 0. The van der Waals surface area contributed by atoms with Gasteiger partial charge in [-0.3, -0.25) is 9.59 Å². The second kappa shape index (κ2) is 8.71. The molecule has 0 aromatic heterocycles. The molecule has 2 rings (SSSR count). The van der Waals surface area contributed by atoms with Crippen LogP contribution in [0.25, 0.3) is 0 Å². The summed E-state index contributed by atoms with van der Waals surface area (Å²) in [7, 11) is 1.41. The molecule has 5 nitrogen and oxygen atoms in total. The smallest absolute Gasteiger partial charge is 0.308 e. The number of esters is 1. The first-order chi connectivity index (χ1) is 11.6. The van der Waals surface area contributed by atoms with Crippen LogP contribution in [0.4, 0.5) is 0 Å². The van der Waals surface area contributed by atoms with Crippen LogP contribution in [0.5, 0.6) is 5.75 Å².